The zero-order valence-electron chi connectivity index (χ0n) is 25.6. The molecule has 0 amide bonds. The number of esters is 1. The van der Waals surface area contributed by atoms with E-state index in [1.54, 1.807) is 0 Å². The number of unbranched alkanes of at least 4 members (excludes halogenated alkanes) is 3. The predicted molar refractivity (Wildman–Crippen MR) is 156 cm³/mol. The first-order valence-electron chi connectivity index (χ1n) is 13.5. The number of ether oxygens (including phenoxy) is 2. The van der Waals surface area contributed by atoms with Crippen molar-refractivity contribution in [1.82, 2.24) is 0 Å². The summed E-state index contributed by atoms with van der Waals surface area (Å²) in [5, 5.41) is 0. The molecule has 3 unspecified atom stereocenters. The lowest BCUT2D eigenvalue weighted by molar-refractivity contribution is -0.202. The van der Waals surface area contributed by atoms with Crippen LogP contribution in [0, 0.1) is 0 Å². The maximum absolute atomic E-state index is 13.1. The Kier molecular flexibility index (Phi) is 18.9. The summed E-state index contributed by atoms with van der Waals surface area (Å²) in [6.45, 7) is 0.325. The Morgan fingerprint density at radius 2 is 0.880 bits per heavy atom. The number of phosphoric acid groups is 6. The molecule has 0 aliphatic heterocycles. The maximum Gasteiger partial charge on any atom is 0.472 e. The van der Waals surface area contributed by atoms with Crippen LogP contribution >= 0.6 is 46.9 Å². The number of carbonyl (C=O) groups excluding carboxylic acids is 1. The van der Waals surface area contributed by atoms with E-state index in [1.165, 1.54) is 0 Å². The maximum atomic E-state index is 13.1. The van der Waals surface area contributed by atoms with Gasteiger partial charge in [0.2, 0.25) is 0 Å². The predicted octanol–water partition coefficient (Wildman–Crippen LogP) is -0.580. The van der Waals surface area contributed by atoms with Gasteiger partial charge in [-0.2, -0.15) is 0 Å². The summed E-state index contributed by atoms with van der Waals surface area (Å²) in [6.07, 6.45) is -18.0. The summed E-state index contributed by atoms with van der Waals surface area (Å²) >= 11 is 0. The van der Waals surface area contributed by atoms with Crippen molar-refractivity contribution in [3.05, 3.63) is 0 Å². The third-order valence-electron chi connectivity index (χ3n) is 5.80. The fourth-order valence-corrected chi connectivity index (χ4v) is 7.99. The second-order valence-electron chi connectivity index (χ2n) is 10.0. The lowest BCUT2D eigenvalue weighted by Gasteiger charge is -2.48. The molecule has 33 heteroatoms. The van der Waals surface area contributed by atoms with Crippen LogP contribution in [0.25, 0.3) is 0 Å². The number of hydrogen-bond donors (Lipinski definition) is 11. The molecule has 11 N–H and O–H groups in total. The highest BCUT2D eigenvalue weighted by Crippen LogP contribution is 2.58. The van der Waals surface area contributed by atoms with Gasteiger partial charge in [-0.15, -0.1) is 0 Å². The summed E-state index contributed by atoms with van der Waals surface area (Å²) < 4.78 is 113. The van der Waals surface area contributed by atoms with E-state index in [0.717, 1.165) is 20.0 Å². The molecule has 1 rings (SSSR count). The van der Waals surface area contributed by atoms with Crippen molar-refractivity contribution in [2.45, 2.75) is 81.8 Å². The van der Waals surface area contributed by atoms with Crippen molar-refractivity contribution in [2.75, 3.05) is 20.3 Å². The molecule has 0 spiro atoms. The van der Waals surface area contributed by atoms with Crippen LogP contribution in [0.2, 0.25) is 0 Å². The average Bonchev–Trinajstić information content (AvgIpc) is 2.88. The van der Waals surface area contributed by atoms with Crippen molar-refractivity contribution < 1.29 is 127 Å². The van der Waals surface area contributed by atoms with E-state index in [0.29, 0.717) is 12.8 Å². The minimum absolute atomic E-state index is 0.0991. The van der Waals surface area contributed by atoms with Crippen LogP contribution in [0.3, 0.4) is 0 Å². The lowest BCUT2D eigenvalue weighted by atomic mass is 9.85. The zero-order valence-corrected chi connectivity index (χ0v) is 31.0. The fraction of sp³-hybridized carbons (Fsp3) is 0.941. The van der Waals surface area contributed by atoms with E-state index in [9.17, 15) is 86.0 Å². The topological polar surface area (TPSA) is 425 Å². The highest BCUT2D eigenvalue weighted by molar-refractivity contribution is 7.48. The molecule has 0 aromatic heterocycles. The minimum atomic E-state index is -6.12. The molecular weight excluding hydrogens is 822 g/mol. The van der Waals surface area contributed by atoms with Gasteiger partial charge in [-0.05, 0) is 6.42 Å². The summed E-state index contributed by atoms with van der Waals surface area (Å²) in [7, 11) is -35.4. The van der Waals surface area contributed by atoms with Gasteiger partial charge in [0.15, 0.2) is 0 Å². The van der Waals surface area contributed by atoms with Gasteiger partial charge in [0.25, 0.3) is 0 Å². The van der Waals surface area contributed by atoms with Crippen LogP contribution in [0.15, 0.2) is 0 Å². The minimum Gasteiger partial charge on any atom is -0.457 e. The SMILES string of the molecule is CCCCCCC(=O)O[C@H](COC)COP(=O)(O)OC1[C@@H](OP(=O)(O)O)[C@H](OP(=O)(O)O)C(OP(=O)(O)O)[C@H](OP(=O)(O)O)[C@@H]1OP(=O)(O)O. The molecule has 0 bridgehead atoms. The molecular formula is C17H38O27P6. The highest BCUT2D eigenvalue weighted by atomic mass is 31.2. The van der Waals surface area contributed by atoms with Crippen LogP contribution in [-0.4, -0.2) is 123 Å². The normalized spacial score (nSPS) is 25.9. The van der Waals surface area contributed by atoms with Crippen LogP contribution in [-0.2, 0) is 73.3 Å². The quantitative estimate of drug-likeness (QED) is 0.0348. The van der Waals surface area contributed by atoms with Gasteiger partial charge in [0.05, 0.1) is 13.2 Å². The summed E-state index contributed by atoms with van der Waals surface area (Å²) in [6, 6.07) is 0. The molecule has 50 heavy (non-hydrogen) atoms. The Labute approximate surface area is 282 Å². The van der Waals surface area contributed by atoms with Crippen molar-refractivity contribution in [3.63, 3.8) is 0 Å². The van der Waals surface area contributed by atoms with E-state index in [-0.39, 0.29) is 6.42 Å². The van der Waals surface area contributed by atoms with Gasteiger partial charge < -0.3 is 63.3 Å². The molecule has 0 radical (unpaired) electrons. The standard InChI is InChI=1S/C17H38O27P6/c1-3-4-5-6-7-11(18)38-10(8-36-2)9-37-50(34,35)44-17-15(42-48(28,29)30)13(40-46(22,23)24)12(39-45(19,20)21)14(41-47(25,26)27)16(17)43-49(31,32)33/h10,12-17H,3-9H2,1-2H3,(H,34,35)(H2,19,20,21)(H2,22,23,24)(H2,25,26,27)(H2,28,29,30)(H2,31,32,33)/t10-,12?,13-,14+,15+,16+,17?/m1/s1. The van der Waals surface area contributed by atoms with E-state index in [4.69, 9.17) is 18.5 Å². The molecule has 0 aromatic rings. The van der Waals surface area contributed by atoms with Crippen molar-refractivity contribution >= 4 is 52.9 Å². The van der Waals surface area contributed by atoms with Gasteiger partial charge in [-0.1, -0.05) is 26.2 Å². The Balaban J connectivity index is 3.78. The summed E-state index contributed by atoms with van der Waals surface area (Å²) in [5.74, 6) is -0.816. The Morgan fingerprint density at radius 1 is 0.540 bits per heavy atom. The monoisotopic (exact) mass is 860 g/mol. The molecule has 1 aliphatic carbocycles. The molecule has 1 saturated carbocycles. The number of rotatable bonds is 23. The lowest BCUT2D eigenvalue weighted by Crippen LogP contribution is -2.66. The zero-order chi connectivity index (χ0) is 38.9. The third-order valence-corrected chi connectivity index (χ3v) is 9.38. The van der Waals surface area contributed by atoms with E-state index in [2.05, 4.69) is 22.6 Å². The summed E-state index contributed by atoms with van der Waals surface area (Å²) in [4.78, 5) is 117. The molecule has 0 saturated heterocycles. The fourth-order valence-electron chi connectivity index (χ4n) is 4.24. The van der Waals surface area contributed by atoms with Crippen molar-refractivity contribution in [1.29, 1.82) is 0 Å². The first kappa shape index (κ1) is 48.1. The molecule has 1 aliphatic rings. The van der Waals surface area contributed by atoms with Crippen LogP contribution in [0.4, 0.5) is 0 Å². The first-order valence-corrected chi connectivity index (χ1v) is 22.6. The van der Waals surface area contributed by atoms with E-state index >= 15 is 0 Å². The molecule has 8 atom stereocenters. The Bertz CT molecular complexity index is 1320. The molecule has 0 heterocycles. The van der Waals surface area contributed by atoms with Crippen molar-refractivity contribution in [2.24, 2.45) is 0 Å². The third kappa shape index (κ3) is 20.0. The van der Waals surface area contributed by atoms with Crippen LogP contribution < -0.4 is 0 Å². The van der Waals surface area contributed by atoms with Crippen molar-refractivity contribution in [3.8, 4) is 0 Å². The largest absolute Gasteiger partial charge is 0.472 e. The molecule has 0 aromatic carbocycles. The number of methoxy groups -OCH3 is 1. The number of phosphoric ester groups is 6. The second-order valence-corrected chi connectivity index (χ2v) is 17.4. The first-order chi connectivity index (χ1) is 22.5. The van der Waals surface area contributed by atoms with Gasteiger partial charge in [-0.3, -0.25) is 36.5 Å². The van der Waals surface area contributed by atoms with Gasteiger partial charge >= 0.3 is 52.9 Å². The highest BCUT2D eigenvalue weighted by Gasteiger charge is 2.63. The van der Waals surface area contributed by atoms with E-state index in [1.807, 2.05) is 6.92 Å². The summed E-state index contributed by atoms with van der Waals surface area (Å²) in [5.41, 5.74) is 0. The van der Waals surface area contributed by atoms with Gasteiger partial charge in [-0.25, -0.2) is 27.4 Å². The number of hydrogen-bond acceptors (Lipinski definition) is 16. The molecule has 27 nitrogen and oxygen atoms in total. The van der Waals surface area contributed by atoms with Crippen LogP contribution in [0.1, 0.15) is 39.0 Å². The molecule has 298 valence electrons. The number of carbonyl (C=O) groups is 1. The Hall–Kier alpha value is 0.0900. The average molecular weight is 860 g/mol. The smallest absolute Gasteiger partial charge is 0.457 e. The van der Waals surface area contributed by atoms with Gasteiger partial charge in [0.1, 0.15) is 42.7 Å². The van der Waals surface area contributed by atoms with E-state index < -0.39 is 109 Å². The second kappa shape index (κ2) is 19.6. The van der Waals surface area contributed by atoms with Crippen LogP contribution in [0.5, 0.6) is 0 Å². The molecule has 1 fully saturated rings. The van der Waals surface area contributed by atoms with Gasteiger partial charge in [0, 0.05) is 13.5 Å². The Morgan fingerprint density at radius 3 is 1.18 bits per heavy atom.